The van der Waals surface area contributed by atoms with E-state index in [4.69, 9.17) is 4.74 Å². The lowest BCUT2D eigenvalue weighted by Crippen LogP contribution is -3.09. The molecule has 0 bridgehead atoms. The number of unbranched alkanes of at least 4 members (excludes halogenated alkanes) is 3. The van der Waals surface area contributed by atoms with Gasteiger partial charge in [0.25, 0.3) is 0 Å². The summed E-state index contributed by atoms with van der Waals surface area (Å²) >= 11 is 3.43. The summed E-state index contributed by atoms with van der Waals surface area (Å²) in [7, 11) is 0. The molecule has 0 amide bonds. The Kier molecular flexibility index (Phi) is 6.72. The minimum atomic E-state index is 0.845. The van der Waals surface area contributed by atoms with Crippen LogP contribution in [-0.2, 0) is 0 Å². The first-order valence-electron chi connectivity index (χ1n) is 7.56. The molecule has 2 nitrogen and oxygen atoms in total. The number of quaternary nitrogens is 1. The van der Waals surface area contributed by atoms with Gasteiger partial charge >= 0.3 is 0 Å². The minimum absolute atomic E-state index is 0.845. The third-order valence-electron chi connectivity index (χ3n) is 3.82. The molecule has 1 aliphatic heterocycles. The van der Waals surface area contributed by atoms with E-state index in [1.54, 1.807) is 0 Å². The van der Waals surface area contributed by atoms with Crippen molar-refractivity contribution in [2.24, 2.45) is 0 Å². The molecule has 0 unspecified atom stereocenters. The zero-order valence-corrected chi connectivity index (χ0v) is 13.3. The van der Waals surface area contributed by atoms with Gasteiger partial charge in [-0.15, -0.1) is 0 Å². The summed E-state index contributed by atoms with van der Waals surface area (Å²) < 4.78 is 6.82. The lowest BCUT2D eigenvalue weighted by molar-refractivity contribution is -0.887. The first kappa shape index (κ1) is 14.9. The number of nitrogens with one attached hydrogen (secondary N) is 1. The molecular formula is C16H25BrNO+. The predicted octanol–water partition coefficient (Wildman–Crippen LogP) is 3.07. The molecule has 0 radical (unpaired) electrons. The smallest absolute Gasteiger partial charge is 0.119 e. The van der Waals surface area contributed by atoms with Gasteiger partial charge in [-0.2, -0.15) is 0 Å². The van der Waals surface area contributed by atoms with Gasteiger partial charge in [-0.3, -0.25) is 0 Å². The van der Waals surface area contributed by atoms with Crippen molar-refractivity contribution in [1.29, 1.82) is 0 Å². The van der Waals surface area contributed by atoms with Crippen molar-refractivity contribution >= 4 is 15.9 Å². The van der Waals surface area contributed by atoms with Crippen LogP contribution in [0.15, 0.2) is 28.7 Å². The molecule has 1 aliphatic rings. The number of rotatable bonds is 8. The number of ether oxygens (including phenoxy) is 1. The summed E-state index contributed by atoms with van der Waals surface area (Å²) in [5.74, 6) is 0.977. The van der Waals surface area contributed by atoms with E-state index in [1.807, 2.05) is 29.2 Å². The quantitative estimate of drug-likeness (QED) is 0.725. The second kappa shape index (κ2) is 8.60. The van der Waals surface area contributed by atoms with Crippen molar-refractivity contribution in [3.63, 3.8) is 0 Å². The molecule has 1 saturated heterocycles. The Morgan fingerprint density at radius 2 is 1.63 bits per heavy atom. The summed E-state index contributed by atoms with van der Waals surface area (Å²) in [6.45, 7) is 5.05. The molecule has 0 aromatic heterocycles. The van der Waals surface area contributed by atoms with Gasteiger partial charge in [-0.05, 0) is 49.9 Å². The van der Waals surface area contributed by atoms with Crippen LogP contribution in [0.1, 0.15) is 38.5 Å². The molecular weight excluding hydrogens is 302 g/mol. The average Bonchev–Trinajstić information content (AvgIpc) is 2.93. The fourth-order valence-corrected chi connectivity index (χ4v) is 2.94. The largest absolute Gasteiger partial charge is 0.494 e. The van der Waals surface area contributed by atoms with E-state index in [9.17, 15) is 0 Å². The van der Waals surface area contributed by atoms with Gasteiger partial charge < -0.3 is 9.64 Å². The van der Waals surface area contributed by atoms with Crippen LogP contribution in [0.2, 0.25) is 0 Å². The minimum Gasteiger partial charge on any atom is -0.494 e. The van der Waals surface area contributed by atoms with E-state index < -0.39 is 0 Å². The summed E-state index contributed by atoms with van der Waals surface area (Å²) in [4.78, 5) is 1.83. The zero-order valence-electron chi connectivity index (χ0n) is 11.7. The van der Waals surface area contributed by atoms with E-state index in [0.29, 0.717) is 0 Å². The van der Waals surface area contributed by atoms with Crippen LogP contribution in [0.5, 0.6) is 5.75 Å². The molecule has 1 fully saturated rings. The number of halogens is 1. The first-order chi connectivity index (χ1) is 9.34. The first-order valence-corrected chi connectivity index (χ1v) is 8.36. The van der Waals surface area contributed by atoms with Crippen LogP contribution in [-0.4, -0.2) is 26.2 Å². The monoisotopic (exact) mass is 326 g/mol. The second-order valence-corrected chi connectivity index (χ2v) is 6.34. The molecule has 1 aromatic rings. The number of hydrogen-bond donors (Lipinski definition) is 1. The van der Waals surface area contributed by atoms with Crippen molar-refractivity contribution in [3.05, 3.63) is 28.7 Å². The standard InChI is InChI=1S/C16H24BrNO/c17-15-7-9-16(10-8-15)19-14-6-2-1-3-11-18-12-4-5-13-18/h7-10H,1-6,11-14H2/p+1. The van der Waals surface area contributed by atoms with Gasteiger partial charge in [0.05, 0.1) is 26.2 Å². The van der Waals surface area contributed by atoms with Crippen molar-refractivity contribution < 1.29 is 9.64 Å². The van der Waals surface area contributed by atoms with Crippen LogP contribution in [0.3, 0.4) is 0 Å². The molecule has 1 heterocycles. The Morgan fingerprint density at radius 1 is 0.947 bits per heavy atom. The second-order valence-electron chi connectivity index (χ2n) is 5.42. The molecule has 1 aromatic carbocycles. The van der Waals surface area contributed by atoms with Gasteiger partial charge in [-0.1, -0.05) is 15.9 Å². The van der Waals surface area contributed by atoms with Gasteiger partial charge in [0.1, 0.15) is 5.75 Å². The Hall–Kier alpha value is -0.540. The maximum atomic E-state index is 5.71. The number of likely N-dealkylation sites (tertiary alicyclic amines) is 1. The topological polar surface area (TPSA) is 13.7 Å². The molecule has 19 heavy (non-hydrogen) atoms. The van der Waals surface area contributed by atoms with E-state index in [0.717, 1.165) is 16.8 Å². The Bertz CT molecular complexity index is 346. The lowest BCUT2D eigenvalue weighted by Gasteiger charge is -2.11. The molecule has 0 spiro atoms. The van der Waals surface area contributed by atoms with Crippen LogP contribution >= 0.6 is 15.9 Å². The normalized spacial score (nSPS) is 15.8. The summed E-state index contributed by atoms with van der Waals surface area (Å²) in [6, 6.07) is 8.07. The summed E-state index contributed by atoms with van der Waals surface area (Å²) in [6.07, 6.45) is 8.09. The van der Waals surface area contributed by atoms with E-state index in [1.165, 1.54) is 58.2 Å². The van der Waals surface area contributed by atoms with Gasteiger partial charge in [0.2, 0.25) is 0 Å². The highest BCUT2D eigenvalue weighted by Crippen LogP contribution is 2.16. The van der Waals surface area contributed by atoms with Gasteiger partial charge in [0.15, 0.2) is 0 Å². The third kappa shape index (κ3) is 5.96. The Balaban J connectivity index is 1.44. The maximum absolute atomic E-state index is 5.71. The SMILES string of the molecule is Brc1ccc(OCCCCCC[NH+]2CCCC2)cc1. The van der Waals surface area contributed by atoms with Crippen LogP contribution < -0.4 is 9.64 Å². The van der Waals surface area contributed by atoms with E-state index >= 15 is 0 Å². The van der Waals surface area contributed by atoms with E-state index in [-0.39, 0.29) is 0 Å². The molecule has 3 heteroatoms. The van der Waals surface area contributed by atoms with Crippen LogP contribution in [0.4, 0.5) is 0 Å². The summed E-state index contributed by atoms with van der Waals surface area (Å²) in [5, 5.41) is 0. The predicted molar refractivity (Wildman–Crippen MR) is 82.9 cm³/mol. The van der Waals surface area contributed by atoms with Crippen LogP contribution in [0, 0.1) is 0 Å². The van der Waals surface area contributed by atoms with Gasteiger partial charge in [0, 0.05) is 17.3 Å². The highest BCUT2D eigenvalue weighted by atomic mass is 79.9. The fourth-order valence-electron chi connectivity index (χ4n) is 2.68. The number of hydrogen-bond acceptors (Lipinski definition) is 1. The molecule has 2 rings (SSSR count). The lowest BCUT2D eigenvalue weighted by atomic mass is 10.2. The van der Waals surface area contributed by atoms with Crippen molar-refractivity contribution in [1.82, 2.24) is 0 Å². The molecule has 0 aliphatic carbocycles. The zero-order chi connectivity index (χ0) is 13.3. The highest BCUT2D eigenvalue weighted by molar-refractivity contribution is 9.10. The third-order valence-corrected chi connectivity index (χ3v) is 4.35. The van der Waals surface area contributed by atoms with E-state index in [2.05, 4.69) is 15.9 Å². The molecule has 1 N–H and O–H groups in total. The Labute approximate surface area is 125 Å². The fraction of sp³-hybridized carbons (Fsp3) is 0.625. The molecule has 106 valence electrons. The highest BCUT2D eigenvalue weighted by Gasteiger charge is 2.13. The van der Waals surface area contributed by atoms with Crippen molar-refractivity contribution in [3.8, 4) is 5.75 Å². The molecule has 0 atom stereocenters. The maximum Gasteiger partial charge on any atom is 0.119 e. The molecule has 0 saturated carbocycles. The average molecular weight is 327 g/mol. The Morgan fingerprint density at radius 3 is 2.37 bits per heavy atom. The number of benzene rings is 1. The van der Waals surface area contributed by atoms with Gasteiger partial charge in [-0.25, -0.2) is 0 Å². The van der Waals surface area contributed by atoms with Crippen molar-refractivity contribution in [2.75, 3.05) is 26.2 Å². The summed E-state index contributed by atoms with van der Waals surface area (Å²) in [5.41, 5.74) is 0. The van der Waals surface area contributed by atoms with Crippen LogP contribution in [0.25, 0.3) is 0 Å². The van der Waals surface area contributed by atoms with Crippen molar-refractivity contribution in [2.45, 2.75) is 38.5 Å².